The zero-order valence-electron chi connectivity index (χ0n) is 10.9. The quantitative estimate of drug-likeness (QED) is 0.653. The third kappa shape index (κ3) is 3.71. The Kier molecular flexibility index (Phi) is 4.97. The van der Waals surface area contributed by atoms with Gasteiger partial charge in [0, 0.05) is 17.1 Å². The van der Waals surface area contributed by atoms with Crippen molar-refractivity contribution in [3.05, 3.63) is 44.5 Å². The summed E-state index contributed by atoms with van der Waals surface area (Å²) in [7, 11) is 0. The summed E-state index contributed by atoms with van der Waals surface area (Å²) in [6.07, 6.45) is 2.61. The number of thioether (sulfide) groups is 1. The minimum atomic E-state index is -0.926. The van der Waals surface area contributed by atoms with Crippen molar-refractivity contribution in [2.75, 3.05) is 5.75 Å². The van der Waals surface area contributed by atoms with Crippen LogP contribution in [0.2, 0.25) is 0 Å². The normalized spacial score (nSPS) is 10.7. The van der Waals surface area contributed by atoms with E-state index >= 15 is 0 Å². The summed E-state index contributed by atoms with van der Waals surface area (Å²) in [6, 6.07) is 3.48. The number of aryl methyl sites for hydroxylation is 1. The van der Waals surface area contributed by atoms with Crippen LogP contribution in [0.15, 0.2) is 33.7 Å². The number of aliphatic carboxylic acids is 1. The van der Waals surface area contributed by atoms with Crippen molar-refractivity contribution in [2.24, 2.45) is 0 Å². The van der Waals surface area contributed by atoms with Gasteiger partial charge in [-0.1, -0.05) is 18.7 Å². The fourth-order valence-electron chi connectivity index (χ4n) is 1.75. The second-order valence-electron chi connectivity index (χ2n) is 4.08. The number of rotatable bonds is 6. The third-order valence-corrected chi connectivity index (χ3v) is 4.63. The summed E-state index contributed by atoms with van der Waals surface area (Å²) < 4.78 is 1.82. The van der Waals surface area contributed by atoms with Gasteiger partial charge in [0.05, 0.1) is 12.3 Å². The highest BCUT2D eigenvalue weighted by Gasteiger charge is 2.09. The van der Waals surface area contributed by atoms with Crippen molar-refractivity contribution in [2.45, 2.75) is 25.0 Å². The maximum atomic E-state index is 11.3. The Labute approximate surface area is 124 Å². The van der Waals surface area contributed by atoms with E-state index in [1.165, 1.54) is 16.5 Å². The molecule has 5 nitrogen and oxygen atoms in total. The SMILES string of the molecule is CCc1ccsc1Cn1ccc(=O)nc1SCC(=O)O. The van der Waals surface area contributed by atoms with E-state index < -0.39 is 5.97 Å². The van der Waals surface area contributed by atoms with Crippen molar-refractivity contribution in [1.82, 2.24) is 9.55 Å². The standard InChI is InChI=1S/C13H14N2O3S2/c1-2-9-4-6-19-10(9)7-15-5-3-11(16)14-13(15)20-8-12(17)18/h3-6H,2,7-8H2,1H3,(H,17,18). The summed E-state index contributed by atoms with van der Waals surface area (Å²) >= 11 is 2.72. The fraction of sp³-hybridized carbons (Fsp3) is 0.308. The van der Waals surface area contributed by atoms with Gasteiger partial charge in [0.25, 0.3) is 5.56 Å². The molecule has 0 unspecified atom stereocenters. The van der Waals surface area contributed by atoms with Crippen LogP contribution in [0.25, 0.3) is 0 Å². The molecule has 2 aromatic rings. The average Bonchev–Trinajstić information content (AvgIpc) is 2.86. The highest BCUT2D eigenvalue weighted by atomic mass is 32.2. The molecule has 2 heterocycles. The molecular weight excluding hydrogens is 296 g/mol. The first kappa shape index (κ1) is 14.8. The summed E-state index contributed by atoms with van der Waals surface area (Å²) in [5.74, 6) is -1.04. The Morgan fingerprint density at radius 3 is 3.00 bits per heavy atom. The highest BCUT2D eigenvalue weighted by molar-refractivity contribution is 7.99. The van der Waals surface area contributed by atoms with Crippen molar-refractivity contribution in [3.8, 4) is 0 Å². The molecule has 0 atom stereocenters. The van der Waals surface area contributed by atoms with Gasteiger partial charge in [-0.15, -0.1) is 11.3 Å². The first-order valence-electron chi connectivity index (χ1n) is 6.07. The van der Waals surface area contributed by atoms with Crippen molar-refractivity contribution < 1.29 is 9.90 Å². The van der Waals surface area contributed by atoms with Crippen LogP contribution >= 0.6 is 23.1 Å². The zero-order valence-corrected chi connectivity index (χ0v) is 12.5. The maximum Gasteiger partial charge on any atom is 0.313 e. The molecule has 7 heteroatoms. The molecule has 0 saturated heterocycles. The molecule has 106 valence electrons. The van der Waals surface area contributed by atoms with Gasteiger partial charge < -0.3 is 9.67 Å². The molecule has 1 N–H and O–H groups in total. The Morgan fingerprint density at radius 1 is 1.50 bits per heavy atom. The Balaban J connectivity index is 2.26. The van der Waals surface area contributed by atoms with Gasteiger partial charge in [-0.25, -0.2) is 0 Å². The second-order valence-corrected chi connectivity index (χ2v) is 6.02. The minimum Gasteiger partial charge on any atom is -0.481 e. The molecule has 0 saturated carbocycles. The van der Waals surface area contributed by atoms with E-state index in [-0.39, 0.29) is 11.3 Å². The molecule has 2 aromatic heterocycles. The molecule has 2 rings (SSSR count). The molecule has 0 radical (unpaired) electrons. The number of carboxylic acids is 1. The van der Waals surface area contributed by atoms with E-state index in [1.54, 1.807) is 17.5 Å². The van der Waals surface area contributed by atoms with Crippen LogP contribution in [0.4, 0.5) is 0 Å². The van der Waals surface area contributed by atoms with Crippen LogP contribution in [0.1, 0.15) is 17.4 Å². The number of carbonyl (C=O) groups is 1. The van der Waals surface area contributed by atoms with Crippen LogP contribution in [0, 0.1) is 0 Å². The molecule has 0 aliphatic rings. The molecule has 20 heavy (non-hydrogen) atoms. The van der Waals surface area contributed by atoms with Gasteiger partial charge >= 0.3 is 5.97 Å². The van der Waals surface area contributed by atoms with Gasteiger partial charge in [-0.3, -0.25) is 9.59 Å². The number of aromatic nitrogens is 2. The van der Waals surface area contributed by atoms with E-state index in [2.05, 4.69) is 18.0 Å². The first-order valence-corrected chi connectivity index (χ1v) is 7.94. The van der Waals surface area contributed by atoms with Crippen LogP contribution < -0.4 is 5.56 Å². The molecule has 0 aliphatic carbocycles. The molecule has 0 spiro atoms. The van der Waals surface area contributed by atoms with Gasteiger partial charge in [0.15, 0.2) is 5.16 Å². The lowest BCUT2D eigenvalue weighted by molar-refractivity contribution is -0.133. The van der Waals surface area contributed by atoms with Crippen molar-refractivity contribution in [1.29, 1.82) is 0 Å². The van der Waals surface area contributed by atoms with Gasteiger partial charge in [0.2, 0.25) is 0 Å². The molecule has 0 aromatic carbocycles. The van der Waals surface area contributed by atoms with Gasteiger partial charge in [0.1, 0.15) is 0 Å². The summed E-state index contributed by atoms with van der Waals surface area (Å²) in [4.78, 5) is 27.1. The highest BCUT2D eigenvalue weighted by Crippen LogP contribution is 2.21. The molecule has 0 amide bonds. The summed E-state index contributed by atoms with van der Waals surface area (Å²) in [5.41, 5.74) is 0.916. The van der Waals surface area contributed by atoms with E-state index in [0.717, 1.165) is 18.2 Å². The summed E-state index contributed by atoms with van der Waals surface area (Å²) in [5, 5.41) is 11.2. The summed E-state index contributed by atoms with van der Waals surface area (Å²) in [6.45, 7) is 2.70. The third-order valence-electron chi connectivity index (χ3n) is 2.71. The fourth-order valence-corrected chi connectivity index (χ4v) is 3.42. The second kappa shape index (κ2) is 6.71. The topological polar surface area (TPSA) is 72.2 Å². The monoisotopic (exact) mass is 310 g/mol. The maximum absolute atomic E-state index is 11.3. The lowest BCUT2D eigenvalue weighted by Gasteiger charge is -2.10. The number of carboxylic acid groups (broad SMARTS) is 1. The van der Waals surface area contributed by atoms with Crippen LogP contribution in [0.5, 0.6) is 0 Å². The average molecular weight is 310 g/mol. The van der Waals surface area contributed by atoms with Gasteiger partial charge in [-0.05, 0) is 23.4 Å². The van der Waals surface area contributed by atoms with Crippen molar-refractivity contribution in [3.63, 3.8) is 0 Å². The lowest BCUT2D eigenvalue weighted by atomic mass is 10.2. The molecule has 0 aliphatic heterocycles. The van der Waals surface area contributed by atoms with Crippen molar-refractivity contribution >= 4 is 29.1 Å². The number of thiophene rings is 1. The lowest BCUT2D eigenvalue weighted by Crippen LogP contribution is -2.15. The van der Waals surface area contributed by atoms with Gasteiger partial charge in [-0.2, -0.15) is 4.98 Å². The van der Waals surface area contributed by atoms with E-state index in [9.17, 15) is 9.59 Å². The molecule has 0 bridgehead atoms. The molecular formula is C13H14N2O3S2. The zero-order chi connectivity index (χ0) is 14.5. The number of hydrogen-bond acceptors (Lipinski definition) is 5. The minimum absolute atomic E-state index is 0.110. The Morgan fingerprint density at radius 2 is 2.30 bits per heavy atom. The predicted octanol–water partition coefficient (Wildman–Crippen LogP) is 2.09. The van der Waals surface area contributed by atoms with E-state index in [4.69, 9.17) is 5.11 Å². The largest absolute Gasteiger partial charge is 0.481 e. The first-order chi connectivity index (χ1) is 9.60. The van der Waals surface area contributed by atoms with Crippen LogP contribution in [-0.4, -0.2) is 26.4 Å². The van der Waals surface area contributed by atoms with Crippen LogP contribution in [0.3, 0.4) is 0 Å². The van der Waals surface area contributed by atoms with Crippen LogP contribution in [-0.2, 0) is 17.8 Å². The number of hydrogen-bond donors (Lipinski definition) is 1. The Bertz CT molecular complexity index is 664. The van der Waals surface area contributed by atoms with E-state index in [0.29, 0.717) is 11.7 Å². The van der Waals surface area contributed by atoms with E-state index in [1.807, 2.05) is 9.95 Å². The number of nitrogens with zero attached hydrogens (tertiary/aromatic N) is 2. The predicted molar refractivity (Wildman–Crippen MR) is 79.7 cm³/mol. The smallest absolute Gasteiger partial charge is 0.313 e. The molecule has 0 fully saturated rings. The Hall–Kier alpha value is -1.60.